The van der Waals surface area contributed by atoms with Gasteiger partial charge >= 0.3 is 11.9 Å². The molecule has 0 radical (unpaired) electrons. The van der Waals surface area contributed by atoms with E-state index in [9.17, 15) is 14.4 Å². The lowest BCUT2D eigenvalue weighted by molar-refractivity contribution is 0.0315. The number of ketones is 1. The summed E-state index contributed by atoms with van der Waals surface area (Å²) in [5, 5.41) is 0. The fraction of sp³-hybridized carbons (Fsp3) is 0.545. The lowest BCUT2D eigenvalue weighted by Gasteiger charge is -2.25. The highest BCUT2D eigenvalue weighted by molar-refractivity contribution is 6.22. The van der Waals surface area contributed by atoms with E-state index in [0.717, 1.165) is 49.9 Å². The molecule has 0 aromatic heterocycles. The highest BCUT2D eigenvalue weighted by Crippen LogP contribution is 2.38. The normalized spacial score (nSPS) is 12.4. The smallest absolute Gasteiger partial charge is 0.338 e. The molecule has 0 N–H and O–H groups in total. The summed E-state index contributed by atoms with van der Waals surface area (Å²) in [5.41, 5.74) is 2.82. The number of halogens is 2. The molecule has 9 heteroatoms. The largest absolute Gasteiger partial charge is 0.462 e. The van der Waals surface area contributed by atoms with E-state index in [4.69, 9.17) is 9.47 Å². The number of fused-ring (bicyclic) bond motifs is 3. The van der Waals surface area contributed by atoms with Crippen LogP contribution in [0.15, 0.2) is 36.4 Å². The van der Waals surface area contributed by atoms with Crippen LogP contribution >= 0.6 is 24.8 Å². The van der Waals surface area contributed by atoms with Crippen LogP contribution in [0, 0.1) is 10.8 Å². The number of carbonyl (C=O) groups is 3. The van der Waals surface area contributed by atoms with Gasteiger partial charge in [0, 0.05) is 11.1 Å². The summed E-state index contributed by atoms with van der Waals surface area (Å²) in [6.45, 7) is 11.0. The molecule has 42 heavy (non-hydrogen) atoms. The number of nitrogens with zero attached hydrogens (tertiary/aromatic N) is 2. The first-order chi connectivity index (χ1) is 18.7. The first-order valence-electron chi connectivity index (χ1n) is 14.2. The van der Waals surface area contributed by atoms with Crippen LogP contribution in [0.5, 0.6) is 0 Å². The molecule has 3 rings (SSSR count). The van der Waals surface area contributed by atoms with Gasteiger partial charge in [0.05, 0.1) is 24.3 Å². The lowest BCUT2D eigenvalue weighted by atomic mass is 9.89. The maximum Gasteiger partial charge on any atom is 0.338 e. The third kappa shape index (κ3) is 10.4. The van der Waals surface area contributed by atoms with E-state index in [1.165, 1.54) is 0 Å². The van der Waals surface area contributed by atoms with Crippen LogP contribution in [0.2, 0.25) is 0 Å². The summed E-state index contributed by atoms with van der Waals surface area (Å²) in [7, 11) is 8.18. The minimum absolute atomic E-state index is 0. The Morgan fingerprint density at radius 2 is 1.00 bits per heavy atom. The first kappa shape index (κ1) is 37.6. The molecule has 0 saturated carbocycles. The Morgan fingerprint density at radius 3 is 1.33 bits per heavy atom. The van der Waals surface area contributed by atoms with Crippen LogP contribution in [0.3, 0.4) is 0 Å². The van der Waals surface area contributed by atoms with Crippen molar-refractivity contribution in [2.75, 3.05) is 54.5 Å². The molecule has 1 aliphatic carbocycles. The molecule has 0 amide bonds. The molecule has 0 bridgehead atoms. The first-order valence-corrected chi connectivity index (χ1v) is 14.2. The SMILES string of the molecule is CN(C)CCCC(C)(C)COC(=O)c1ccc2c(c1)C(=O)c1cc(C(=O)OCC(C)(C)CCCN(C)C)ccc1-2.Cl.Cl. The van der Waals surface area contributed by atoms with E-state index in [0.29, 0.717) is 35.5 Å². The van der Waals surface area contributed by atoms with Gasteiger partial charge in [0.2, 0.25) is 0 Å². The topological polar surface area (TPSA) is 76.1 Å². The fourth-order valence-corrected chi connectivity index (χ4v) is 4.91. The zero-order valence-electron chi connectivity index (χ0n) is 26.4. The molecule has 0 unspecified atom stereocenters. The van der Waals surface area contributed by atoms with Gasteiger partial charge in [0.25, 0.3) is 0 Å². The molecule has 0 spiro atoms. The Balaban J connectivity index is 0.00000441. The number of carbonyl (C=O) groups excluding carboxylic acids is 3. The third-order valence-electron chi connectivity index (χ3n) is 7.40. The second-order valence-electron chi connectivity index (χ2n) is 13.1. The van der Waals surface area contributed by atoms with Crippen LogP contribution in [-0.2, 0) is 9.47 Å². The molecule has 0 heterocycles. The summed E-state index contributed by atoms with van der Waals surface area (Å²) in [6.07, 6.45) is 3.92. The van der Waals surface area contributed by atoms with Crippen molar-refractivity contribution < 1.29 is 23.9 Å². The summed E-state index contributed by atoms with van der Waals surface area (Å²) in [5.74, 6) is -1.09. The molecule has 0 aliphatic heterocycles. The van der Waals surface area contributed by atoms with Gasteiger partial charge in [-0.3, -0.25) is 4.79 Å². The predicted octanol–water partition coefficient (Wildman–Crippen LogP) is 6.79. The molecule has 2 aromatic carbocycles. The summed E-state index contributed by atoms with van der Waals surface area (Å²) < 4.78 is 11.3. The van der Waals surface area contributed by atoms with E-state index in [-0.39, 0.29) is 41.4 Å². The van der Waals surface area contributed by atoms with Crippen LogP contribution < -0.4 is 0 Å². The summed E-state index contributed by atoms with van der Waals surface area (Å²) >= 11 is 0. The molecule has 0 saturated heterocycles. The van der Waals surface area contributed by atoms with Crippen molar-refractivity contribution >= 4 is 42.5 Å². The summed E-state index contributed by atoms with van der Waals surface area (Å²) in [6, 6.07) is 10.2. The second kappa shape index (κ2) is 15.9. The Bertz CT molecular complexity index is 1150. The molecular weight excluding hydrogens is 575 g/mol. The minimum Gasteiger partial charge on any atom is -0.462 e. The molecule has 0 atom stereocenters. The van der Waals surface area contributed by atoms with Crippen molar-refractivity contribution in [3.05, 3.63) is 58.7 Å². The van der Waals surface area contributed by atoms with E-state index in [2.05, 4.69) is 37.5 Å². The van der Waals surface area contributed by atoms with E-state index < -0.39 is 11.9 Å². The molecule has 1 aliphatic rings. The molecule has 234 valence electrons. The third-order valence-corrected chi connectivity index (χ3v) is 7.40. The van der Waals surface area contributed by atoms with Crippen molar-refractivity contribution in [1.29, 1.82) is 0 Å². The van der Waals surface area contributed by atoms with Crippen molar-refractivity contribution in [3.63, 3.8) is 0 Å². The Kier molecular flexibility index (Phi) is 14.2. The number of ether oxygens (including phenoxy) is 2. The van der Waals surface area contributed by atoms with Crippen molar-refractivity contribution in [1.82, 2.24) is 9.80 Å². The van der Waals surface area contributed by atoms with Crippen LogP contribution in [-0.4, -0.2) is 82.0 Å². The number of rotatable bonds is 14. The Morgan fingerprint density at radius 1 is 0.643 bits per heavy atom. The maximum atomic E-state index is 13.3. The molecular formula is C33H48Cl2N2O5. The number of esters is 2. The number of hydrogen-bond donors (Lipinski definition) is 0. The highest BCUT2D eigenvalue weighted by Gasteiger charge is 2.30. The van der Waals surface area contributed by atoms with Crippen molar-refractivity contribution in [2.45, 2.75) is 53.4 Å². The number of benzene rings is 2. The maximum absolute atomic E-state index is 13.3. The predicted molar refractivity (Wildman–Crippen MR) is 174 cm³/mol. The van der Waals surface area contributed by atoms with Crippen LogP contribution in [0.4, 0.5) is 0 Å². The van der Waals surface area contributed by atoms with Gasteiger partial charge in [-0.15, -0.1) is 24.8 Å². The lowest BCUT2D eigenvalue weighted by Crippen LogP contribution is -2.24. The van der Waals surface area contributed by atoms with Gasteiger partial charge in [-0.25, -0.2) is 9.59 Å². The zero-order valence-corrected chi connectivity index (χ0v) is 28.0. The molecule has 7 nitrogen and oxygen atoms in total. The zero-order chi connectivity index (χ0) is 29.7. The van der Waals surface area contributed by atoms with Gasteiger partial charge in [0.15, 0.2) is 5.78 Å². The number of hydrogen-bond acceptors (Lipinski definition) is 7. The van der Waals surface area contributed by atoms with Crippen LogP contribution in [0.1, 0.15) is 90.0 Å². The van der Waals surface area contributed by atoms with Gasteiger partial charge in [-0.1, -0.05) is 39.8 Å². The van der Waals surface area contributed by atoms with E-state index in [1.54, 1.807) is 36.4 Å². The van der Waals surface area contributed by atoms with Crippen molar-refractivity contribution in [2.24, 2.45) is 10.8 Å². The fourth-order valence-electron chi connectivity index (χ4n) is 4.91. The van der Waals surface area contributed by atoms with Gasteiger partial charge in [-0.05, 0) is 113 Å². The quantitative estimate of drug-likeness (QED) is 0.183. The van der Waals surface area contributed by atoms with Gasteiger partial charge in [0.1, 0.15) is 0 Å². The van der Waals surface area contributed by atoms with Gasteiger partial charge < -0.3 is 19.3 Å². The highest BCUT2D eigenvalue weighted by atomic mass is 35.5. The minimum atomic E-state index is -0.440. The standard InChI is InChI=1S/C33H46N2O5.2ClH/c1-32(2,15-9-17-34(5)6)21-39-30(37)23-11-13-25-26-14-12-24(20-28(26)29(36)27(25)19-23)31(38)40-22-33(3,4)16-10-18-35(7)8;;/h11-14,19-20H,9-10,15-18,21-22H2,1-8H3;2*1H. The monoisotopic (exact) mass is 622 g/mol. The van der Waals surface area contributed by atoms with E-state index in [1.807, 2.05) is 28.2 Å². The summed E-state index contributed by atoms with van der Waals surface area (Å²) in [4.78, 5) is 43.3. The average molecular weight is 624 g/mol. The van der Waals surface area contributed by atoms with Gasteiger partial charge in [-0.2, -0.15) is 0 Å². The Hall–Kier alpha value is -2.45. The Labute approximate surface area is 264 Å². The average Bonchev–Trinajstić information content (AvgIpc) is 3.16. The second-order valence-corrected chi connectivity index (χ2v) is 13.1. The van der Waals surface area contributed by atoms with Crippen molar-refractivity contribution in [3.8, 4) is 11.1 Å². The molecule has 0 fully saturated rings. The van der Waals surface area contributed by atoms with E-state index >= 15 is 0 Å². The van der Waals surface area contributed by atoms with Crippen LogP contribution in [0.25, 0.3) is 11.1 Å². The molecule has 2 aromatic rings.